The van der Waals surface area contributed by atoms with Crippen molar-refractivity contribution < 1.29 is 13.2 Å². The van der Waals surface area contributed by atoms with Crippen LogP contribution in [-0.2, 0) is 22.7 Å². The summed E-state index contributed by atoms with van der Waals surface area (Å²) in [5.41, 5.74) is 2.43. The molecular formula is C22H30ClN5O3S2. The first kappa shape index (κ1) is 24.2. The number of carbonyl (C=O) groups excluding carboxylic acids is 1. The molecule has 2 aromatic rings. The highest BCUT2D eigenvalue weighted by atomic mass is 35.5. The molecule has 0 saturated heterocycles. The van der Waals surface area contributed by atoms with Crippen LogP contribution in [0, 0.1) is 0 Å². The molecule has 0 bridgehead atoms. The number of halogens is 1. The Hall–Kier alpha value is -1.91. The van der Waals surface area contributed by atoms with E-state index in [1.165, 1.54) is 23.8 Å². The fraction of sp³-hybridized carbons (Fsp3) is 0.591. The third kappa shape index (κ3) is 5.44. The van der Waals surface area contributed by atoms with Crippen molar-refractivity contribution in [3.8, 4) is 0 Å². The number of anilines is 2. The maximum atomic E-state index is 12.7. The number of nitrogens with one attached hydrogen (secondary N) is 2. The molecule has 0 spiro atoms. The maximum Gasteiger partial charge on any atom is 0.263 e. The van der Waals surface area contributed by atoms with E-state index in [2.05, 4.69) is 15.5 Å². The summed E-state index contributed by atoms with van der Waals surface area (Å²) >= 11 is 7.22. The van der Waals surface area contributed by atoms with Crippen LogP contribution in [-0.4, -0.2) is 56.7 Å². The van der Waals surface area contributed by atoms with E-state index in [-0.39, 0.29) is 32.8 Å². The maximum absolute atomic E-state index is 12.7. The highest BCUT2D eigenvalue weighted by Crippen LogP contribution is 2.32. The van der Waals surface area contributed by atoms with Crippen molar-refractivity contribution in [2.24, 2.45) is 0 Å². The normalized spacial score (nSPS) is 20.7. The summed E-state index contributed by atoms with van der Waals surface area (Å²) in [7, 11) is 0.587. The lowest BCUT2D eigenvalue weighted by atomic mass is 9.91. The van der Waals surface area contributed by atoms with Crippen molar-refractivity contribution in [3.05, 3.63) is 26.5 Å². The number of hydrogen-bond donors (Lipinski definition) is 2. The van der Waals surface area contributed by atoms with Gasteiger partial charge in [-0.1, -0.05) is 11.6 Å². The molecule has 1 saturated carbocycles. The van der Waals surface area contributed by atoms with E-state index in [0.29, 0.717) is 5.95 Å². The number of fused-ring (bicyclic) bond motifs is 1. The van der Waals surface area contributed by atoms with Crippen molar-refractivity contribution in [2.45, 2.75) is 68.3 Å². The van der Waals surface area contributed by atoms with Gasteiger partial charge in [-0.05, 0) is 51.4 Å². The minimum absolute atomic E-state index is 0.00867. The van der Waals surface area contributed by atoms with Gasteiger partial charge in [-0.25, -0.2) is 13.4 Å². The molecule has 4 rings (SSSR count). The Morgan fingerprint density at radius 1 is 1.12 bits per heavy atom. The molecule has 11 heteroatoms. The van der Waals surface area contributed by atoms with E-state index in [1.807, 2.05) is 14.1 Å². The number of hydrogen-bond acceptors (Lipinski definition) is 8. The van der Waals surface area contributed by atoms with Gasteiger partial charge in [-0.3, -0.25) is 4.79 Å². The highest BCUT2D eigenvalue weighted by Gasteiger charge is 2.27. The molecule has 1 fully saturated rings. The highest BCUT2D eigenvalue weighted by molar-refractivity contribution is 7.91. The summed E-state index contributed by atoms with van der Waals surface area (Å²) in [5, 5.41) is 7.97. The molecule has 8 nitrogen and oxygen atoms in total. The van der Waals surface area contributed by atoms with E-state index in [4.69, 9.17) is 21.6 Å². The molecule has 2 aliphatic carbocycles. The second-order valence-corrected chi connectivity index (χ2v) is 12.3. The third-order valence-electron chi connectivity index (χ3n) is 6.29. The molecule has 0 aliphatic heterocycles. The van der Waals surface area contributed by atoms with E-state index >= 15 is 0 Å². The molecule has 2 aromatic heterocycles. The van der Waals surface area contributed by atoms with E-state index in [9.17, 15) is 13.2 Å². The Bertz CT molecular complexity index is 1140. The molecule has 0 unspecified atom stereocenters. The molecule has 1 amide bonds. The molecular weight excluding hydrogens is 482 g/mol. The van der Waals surface area contributed by atoms with Gasteiger partial charge in [0.15, 0.2) is 9.84 Å². The van der Waals surface area contributed by atoms with Gasteiger partial charge in [0.1, 0.15) is 10.7 Å². The topological polar surface area (TPSA) is 104 Å². The Kier molecular flexibility index (Phi) is 7.16. The van der Waals surface area contributed by atoms with Crippen LogP contribution < -0.4 is 15.5 Å². The van der Waals surface area contributed by atoms with Crippen LogP contribution in [0.3, 0.4) is 0 Å². The van der Waals surface area contributed by atoms with Crippen LogP contribution in [0.15, 0.2) is 10.3 Å². The molecule has 33 heavy (non-hydrogen) atoms. The fourth-order valence-electron chi connectivity index (χ4n) is 4.56. The molecule has 0 aromatic carbocycles. The summed E-state index contributed by atoms with van der Waals surface area (Å²) in [6, 6.07) is 0.272. The first-order valence-corrected chi connectivity index (χ1v) is 14.4. The average Bonchev–Trinajstić information content (AvgIpc) is 3.16. The number of thiophene rings is 1. The number of carbonyl (C=O) groups is 1. The Morgan fingerprint density at radius 3 is 2.42 bits per heavy atom. The lowest BCUT2D eigenvalue weighted by Gasteiger charge is -2.30. The monoisotopic (exact) mass is 511 g/mol. The third-order valence-corrected chi connectivity index (χ3v) is 9.15. The number of nitrogens with zero attached hydrogens (tertiary/aromatic N) is 3. The van der Waals surface area contributed by atoms with Crippen molar-refractivity contribution in [3.63, 3.8) is 0 Å². The Balaban J connectivity index is 1.36. The minimum Gasteiger partial charge on any atom is -0.362 e. The van der Waals surface area contributed by atoms with Gasteiger partial charge in [0, 0.05) is 43.4 Å². The van der Waals surface area contributed by atoms with Gasteiger partial charge in [0.2, 0.25) is 5.95 Å². The van der Waals surface area contributed by atoms with Crippen molar-refractivity contribution in [2.75, 3.05) is 30.6 Å². The van der Waals surface area contributed by atoms with E-state index < -0.39 is 9.84 Å². The zero-order valence-corrected chi connectivity index (χ0v) is 21.5. The smallest absolute Gasteiger partial charge is 0.263 e. The van der Waals surface area contributed by atoms with Crippen LogP contribution in [0.25, 0.3) is 0 Å². The van der Waals surface area contributed by atoms with Crippen LogP contribution in [0.5, 0.6) is 0 Å². The Morgan fingerprint density at radius 2 is 1.79 bits per heavy atom. The van der Waals surface area contributed by atoms with Gasteiger partial charge < -0.3 is 15.5 Å². The SMILES string of the molecule is CN(C)c1nc(NC2CCC(NC(=O)c3scc(S(C)(=O)=O)c3Cl)CC2)nc2c1CCCC2. The lowest BCUT2D eigenvalue weighted by molar-refractivity contribution is 0.0930. The van der Waals surface area contributed by atoms with E-state index in [1.54, 1.807) is 0 Å². The number of aryl methyl sites for hydroxylation is 1. The standard InChI is InChI=1S/C22H30ClN5O3S2/c1-28(2)20-15-6-4-5-7-16(15)26-22(27-20)25-14-10-8-13(9-11-14)24-21(29)19-18(23)17(12-32-19)33(3,30)31/h12-14H,4-11H2,1-3H3,(H,24,29)(H,25,26,27). The zero-order valence-electron chi connectivity index (χ0n) is 19.1. The first-order valence-electron chi connectivity index (χ1n) is 11.2. The quantitative estimate of drug-likeness (QED) is 0.609. The summed E-state index contributed by atoms with van der Waals surface area (Å²) in [4.78, 5) is 24.6. The molecule has 2 heterocycles. The number of rotatable bonds is 6. The second kappa shape index (κ2) is 9.76. The summed E-state index contributed by atoms with van der Waals surface area (Å²) < 4.78 is 23.5. The number of amides is 1. The summed E-state index contributed by atoms with van der Waals surface area (Å²) in [6.45, 7) is 0. The van der Waals surface area contributed by atoms with Crippen LogP contribution >= 0.6 is 22.9 Å². The van der Waals surface area contributed by atoms with Gasteiger partial charge in [-0.2, -0.15) is 4.98 Å². The fourth-order valence-corrected chi connectivity index (χ4v) is 7.37. The van der Waals surface area contributed by atoms with Gasteiger partial charge >= 0.3 is 0 Å². The van der Waals surface area contributed by atoms with Crippen molar-refractivity contribution in [1.82, 2.24) is 15.3 Å². The van der Waals surface area contributed by atoms with Crippen LogP contribution in [0.4, 0.5) is 11.8 Å². The number of sulfone groups is 1. The van der Waals surface area contributed by atoms with Crippen molar-refractivity contribution >= 4 is 50.4 Å². The van der Waals surface area contributed by atoms with Gasteiger partial charge in [0.05, 0.1) is 15.6 Å². The zero-order chi connectivity index (χ0) is 23.8. The molecule has 0 radical (unpaired) electrons. The minimum atomic E-state index is -3.46. The molecule has 180 valence electrons. The number of aromatic nitrogens is 2. The second-order valence-electron chi connectivity index (χ2n) is 9.08. The molecule has 0 atom stereocenters. The predicted octanol–water partition coefficient (Wildman–Crippen LogP) is 3.69. The lowest BCUT2D eigenvalue weighted by Crippen LogP contribution is -2.40. The molecule has 2 aliphatic rings. The Labute approximate surface area is 204 Å². The summed E-state index contributed by atoms with van der Waals surface area (Å²) in [6.07, 6.45) is 8.88. The average molecular weight is 512 g/mol. The van der Waals surface area contributed by atoms with Crippen molar-refractivity contribution in [1.29, 1.82) is 0 Å². The van der Waals surface area contributed by atoms with E-state index in [0.717, 1.165) is 67.6 Å². The predicted molar refractivity (Wildman–Crippen MR) is 133 cm³/mol. The molecule has 2 N–H and O–H groups in total. The summed E-state index contributed by atoms with van der Waals surface area (Å²) in [5.74, 6) is 1.37. The largest absolute Gasteiger partial charge is 0.362 e. The van der Waals surface area contributed by atoms with Gasteiger partial charge in [-0.15, -0.1) is 11.3 Å². The first-order chi connectivity index (χ1) is 15.6. The van der Waals surface area contributed by atoms with Crippen LogP contribution in [0.1, 0.15) is 59.5 Å². The van der Waals surface area contributed by atoms with Crippen LogP contribution in [0.2, 0.25) is 5.02 Å². The van der Waals surface area contributed by atoms with Gasteiger partial charge in [0.25, 0.3) is 5.91 Å².